The Labute approximate surface area is 218 Å². The molecule has 7 fully saturated rings. The summed E-state index contributed by atoms with van der Waals surface area (Å²) in [5.41, 5.74) is 0.478. The van der Waals surface area contributed by atoms with Gasteiger partial charge >= 0.3 is 5.97 Å². The van der Waals surface area contributed by atoms with E-state index in [0.29, 0.717) is 53.1 Å². The van der Waals surface area contributed by atoms with Crippen molar-refractivity contribution < 1.29 is 23.7 Å². The molecule has 5 nitrogen and oxygen atoms in total. The van der Waals surface area contributed by atoms with Gasteiger partial charge < -0.3 is 18.9 Å². The van der Waals surface area contributed by atoms with E-state index < -0.39 is 5.79 Å². The molecule has 0 N–H and O–H groups in total. The third-order valence-corrected chi connectivity index (χ3v) is 13.5. The number of ether oxygens (including phenoxy) is 4. The summed E-state index contributed by atoms with van der Waals surface area (Å²) in [5.74, 6) is 3.51. The Hall–Kier alpha value is -0.170. The molecule has 4 saturated carbocycles. The number of hydrogen-bond acceptors (Lipinski definition) is 5. The van der Waals surface area contributed by atoms with Gasteiger partial charge in [-0.2, -0.15) is 0 Å². The van der Waals surface area contributed by atoms with Crippen molar-refractivity contribution in [1.29, 1.82) is 0 Å². The van der Waals surface area contributed by atoms with Gasteiger partial charge in [-0.05, 0) is 80.0 Å². The fraction of sp³-hybridized carbons (Fsp3) is 0.966. The van der Waals surface area contributed by atoms with Gasteiger partial charge in [0.1, 0.15) is 6.10 Å². The van der Waals surface area contributed by atoms with Crippen molar-refractivity contribution >= 4 is 21.9 Å². The molecule has 7 aliphatic rings. The highest BCUT2D eigenvalue weighted by Gasteiger charge is 2.78. The predicted molar refractivity (Wildman–Crippen MR) is 135 cm³/mol. The van der Waals surface area contributed by atoms with Gasteiger partial charge in [-0.1, -0.05) is 43.6 Å². The number of epoxide rings is 1. The lowest BCUT2D eigenvalue weighted by Crippen LogP contribution is -2.59. The number of carbonyl (C=O) groups is 1. The number of rotatable bonds is 1. The maximum absolute atomic E-state index is 11.6. The summed E-state index contributed by atoms with van der Waals surface area (Å²) in [6, 6.07) is 0. The second-order valence-electron chi connectivity index (χ2n) is 14.0. The highest BCUT2D eigenvalue weighted by molar-refractivity contribution is 9.09. The van der Waals surface area contributed by atoms with Crippen molar-refractivity contribution in [2.24, 2.45) is 52.3 Å². The Morgan fingerprint density at radius 3 is 2.60 bits per heavy atom. The van der Waals surface area contributed by atoms with E-state index in [1.165, 1.54) is 12.8 Å². The maximum atomic E-state index is 11.6. The van der Waals surface area contributed by atoms with E-state index in [0.717, 1.165) is 44.6 Å². The van der Waals surface area contributed by atoms with Gasteiger partial charge in [0, 0.05) is 24.2 Å². The first-order chi connectivity index (χ1) is 16.6. The first-order valence-electron chi connectivity index (χ1n) is 14.4. The van der Waals surface area contributed by atoms with Gasteiger partial charge in [0.2, 0.25) is 0 Å². The monoisotopic (exact) mass is 550 g/mol. The van der Waals surface area contributed by atoms with Crippen molar-refractivity contribution in [3.8, 4) is 0 Å². The van der Waals surface area contributed by atoms with Crippen LogP contribution in [0.1, 0.15) is 79.6 Å². The highest BCUT2D eigenvalue weighted by Crippen LogP contribution is 2.75. The molecule has 0 radical (unpaired) electrons. The molecule has 15 atom stereocenters. The summed E-state index contributed by atoms with van der Waals surface area (Å²) in [6.45, 7) is 12.1. The van der Waals surface area contributed by atoms with E-state index in [9.17, 15) is 4.79 Å². The average Bonchev–Trinajstić information content (AvgIpc) is 3.46. The second-order valence-corrected chi connectivity index (χ2v) is 15.1. The van der Waals surface area contributed by atoms with E-state index in [1.807, 2.05) is 0 Å². The SMILES string of the molecule is CC(=O)O[C@@H]1CC[C@@]2(C)[C@@H](CC[C@H]3[C@@H]2[C@@H]2O[C@H]2[C@@]2(C)[C@@H]4[C@H](C[C@@H]32)O[C@@]2(OC[C@H](C)C[C@@H]2Br)[C@H]4C)C1. The van der Waals surface area contributed by atoms with Crippen LogP contribution in [0.2, 0.25) is 0 Å². The van der Waals surface area contributed by atoms with Crippen LogP contribution < -0.4 is 0 Å². The third kappa shape index (κ3) is 3.06. The molecule has 0 bridgehead atoms. The van der Waals surface area contributed by atoms with Crippen LogP contribution in [0.25, 0.3) is 0 Å². The van der Waals surface area contributed by atoms with Gasteiger partial charge in [0.05, 0.1) is 29.7 Å². The van der Waals surface area contributed by atoms with E-state index in [-0.39, 0.29) is 28.4 Å². The average molecular weight is 552 g/mol. The van der Waals surface area contributed by atoms with Crippen LogP contribution in [0.5, 0.6) is 0 Å². The molecule has 0 aromatic heterocycles. The Morgan fingerprint density at radius 2 is 1.86 bits per heavy atom. The van der Waals surface area contributed by atoms with Crippen LogP contribution in [-0.2, 0) is 23.7 Å². The van der Waals surface area contributed by atoms with Crippen molar-refractivity contribution in [2.45, 2.75) is 115 Å². The Balaban J connectivity index is 1.16. The number of hydrogen-bond donors (Lipinski definition) is 0. The molecule has 0 amide bonds. The standard InChI is InChI=1S/C29H43BrO5/c1-14-10-22(30)29(32-13-14)15(2)23-21(35-29)12-20-19-7-6-17-11-18(33-16(3)31)8-9-27(17,4)24(19)25-26(34-25)28(20,23)5/h14-15,17-26H,6-13H2,1-5H3/t14-,15+,17+,18-,19-,20+,21+,22+,23+,24-,25+,26-,27+,28-,29+/m1/s1. The summed E-state index contributed by atoms with van der Waals surface area (Å²) < 4.78 is 26.0. The van der Waals surface area contributed by atoms with Gasteiger partial charge in [-0.25, -0.2) is 0 Å². The molecule has 1 spiro atoms. The largest absolute Gasteiger partial charge is 0.463 e. The third-order valence-electron chi connectivity index (χ3n) is 12.5. The van der Waals surface area contributed by atoms with Crippen molar-refractivity contribution in [3.63, 3.8) is 0 Å². The lowest BCUT2D eigenvalue weighted by atomic mass is 9.44. The van der Waals surface area contributed by atoms with Crippen LogP contribution in [0, 0.1) is 52.3 Å². The lowest BCUT2D eigenvalue weighted by molar-refractivity contribution is -0.267. The number of esters is 1. The first kappa shape index (κ1) is 23.9. The Kier molecular flexibility index (Phi) is 5.26. The molecule has 3 aliphatic heterocycles. The summed E-state index contributed by atoms with van der Waals surface area (Å²) >= 11 is 4.00. The first-order valence-corrected chi connectivity index (χ1v) is 15.3. The van der Waals surface area contributed by atoms with E-state index >= 15 is 0 Å². The van der Waals surface area contributed by atoms with Crippen molar-refractivity contribution in [3.05, 3.63) is 0 Å². The van der Waals surface area contributed by atoms with Crippen LogP contribution in [-0.4, -0.2) is 47.6 Å². The molecular formula is C29H43BrO5. The molecular weight excluding hydrogens is 508 g/mol. The molecule has 35 heavy (non-hydrogen) atoms. The molecule has 6 heteroatoms. The van der Waals surface area contributed by atoms with Crippen LogP contribution >= 0.6 is 15.9 Å². The van der Waals surface area contributed by atoms with Crippen LogP contribution in [0.3, 0.4) is 0 Å². The molecule has 3 heterocycles. The highest BCUT2D eigenvalue weighted by atomic mass is 79.9. The number of carbonyl (C=O) groups excluding carboxylic acids is 1. The summed E-state index contributed by atoms with van der Waals surface area (Å²) in [5, 5.41) is 0. The molecule has 0 aromatic rings. The molecule has 0 aromatic carbocycles. The van der Waals surface area contributed by atoms with Crippen LogP contribution in [0.4, 0.5) is 0 Å². The molecule has 196 valence electrons. The van der Waals surface area contributed by atoms with Gasteiger partial charge in [-0.3, -0.25) is 4.79 Å². The van der Waals surface area contributed by atoms with E-state index in [2.05, 4.69) is 43.6 Å². The summed E-state index contributed by atoms with van der Waals surface area (Å²) in [6.07, 6.45) is 9.19. The minimum atomic E-state index is -0.476. The van der Waals surface area contributed by atoms with E-state index in [1.54, 1.807) is 6.92 Å². The molecule has 4 aliphatic carbocycles. The molecule has 7 rings (SSSR count). The lowest BCUT2D eigenvalue weighted by Gasteiger charge is -2.59. The van der Waals surface area contributed by atoms with Crippen molar-refractivity contribution in [1.82, 2.24) is 0 Å². The minimum absolute atomic E-state index is 0.110. The number of fused-ring (bicyclic) bond motifs is 10. The van der Waals surface area contributed by atoms with Gasteiger partial charge in [0.15, 0.2) is 5.79 Å². The van der Waals surface area contributed by atoms with Gasteiger partial charge in [-0.15, -0.1) is 0 Å². The zero-order valence-corrected chi connectivity index (χ0v) is 23.6. The Bertz CT molecular complexity index is 912. The quantitative estimate of drug-likeness (QED) is 0.237. The number of alkyl halides is 1. The zero-order chi connectivity index (χ0) is 24.5. The second kappa shape index (κ2) is 7.70. The minimum Gasteiger partial charge on any atom is -0.463 e. The smallest absolute Gasteiger partial charge is 0.302 e. The summed E-state index contributed by atoms with van der Waals surface area (Å²) in [7, 11) is 0. The topological polar surface area (TPSA) is 57.3 Å². The van der Waals surface area contributed by atoms with E-state index in [4.69, 9.17) is 18.9 Å². The maximum Gasteiger partial charge on any atom is 0.302 e. The van der Waals surface area contributed by atoms with Gasteiger partial charge in [0.25, 0.3) is 0 Å². The Morgan fingerprint density at radius 1 is 1.06 bits per heavy atom. The van der Waals surface area contributed by atoms with Crippen molar-refractivity contribution in [2.75, 3.05) is 6.61 Å². The fourth-order valence-electron chi connectivity index (χ4n) is 11.0. The molecule has 3 saturated heterocycles. The number of halogens is 1. The normalized spacial score (nSPS) is 62.3. The fourth-order valence-corrected chi connectivity index (χ4v) is 12.3. The molecule has 0 unspecified atom stereocenters. The zero-order valence-electron chi connectivity index (χ0n) is 22.0. The summed E-state index contributed by atoms with van der Waals surface area (Å²) in [4.78, 5) is 11.9. The van der Waals surface area contributed by atoms with Crippen LogP contribution in [0.15, 0.2) is 0 Å². The predicted octanol–water partition coefficient (Wildman–Crippen LogP) is 5.73.